The number of nitrogens with zero attached hydrogens (tertiary/aromatic N) is 1. The number of carbonyl (C=O) groups is 1. The van der Waals surface area contributed by atoms with Gasteiger partial charge in [0.15, 0.2) is 0 Å². The summed E-state index contributed by atoms with van der Waals surface area (Å²) < 4.78 is 0. The van der Waals surface area contributed by atoms with Crippen molar-refractivity contribution >= 4 is 5.91 Å². The summed E-state index contributed by atoms with van der Waals surface area (Å²) >= 11 is 0. The number of likely N-dealkylation sites (N-methyl/N-ethyl adjacent to an activating group) is 1. The summed E-state index contributed by atoms with van der Waals surface area (Å²) in [7, 11) is 1.88. The Morgan fingerprint density at radius 1 is 1.64 bits per heavy atom. The predicted octanol–water partition coefficient (Wildman–Crippen LogP) is 0.544. The minimum absolute atomic E-state index is 0.0394. The van der Waals surface area contributed by atoms with E-state index in [2.05, 4.69) is 11.9 Å². The molecule has 11 heavy (non-hydrogen) atoms. The van der Waals surface area contributed by atoms with Gasteiger partial charge in [0.2, 0.25) is 5.91 Å². The molecule has 1 aliphatic heterocycles. The fourth-order valence-corrected chi connectivity index (χ4v) is 1.40. The van der Waals surface area contributed by atoms with Crippen molar-refractivity contribution in [2.24, 2.45) is 5.92 Å². The number of hydrogen-bond acceptors (Lipinski definition) is 2. The highest BCUT2D eigenvalue weighted by atomic mass is 16.2. The number of hydrogen-bond donors (Lipinski definition) is 1. The van der Waals surface area contributed by atoms with Crippen molar-refractivity contribution in [3.05, 3.63) is 12.4 Å². The van der Waals surface area contributed by atoms with Gasteiger partial charge in [-0.15, -0.1) is 0 Å². The molecule has 0 radical (unpaired) electrons. The number of amides is 1. The maximum atomic E-state index is 11.2. The van der Waals surface area contributed by atoms with Gasteiger partial charge in [-0.05, 0) is 5.92 Å². The standard InChI is InChI=1S/C8H14N2O/c1-5(2)7-8(11)9-6(3)10(7)4/h5,7H,3H2,1-2,4H3,(H,9,11). The minimum atomic E-state index is -0.0394. The Balaban J connectivity index is 2.79. The highest BCUT2D eigenvalue weighted by Crippen LogP contribution is 2.17. The van der Waals surface area contributed by atoms with Crippen molar-refractivity contribution in [2.75, 3.05) is 7.05 Å². The van der Waals surface area contributed by atoms with Gasteiger partial charge >= 0.3 is 0 Å². The van der Waals surface area contributed by atoms with Crippen LogP contribution < -0.4 is 5.32 Å². The lowest BCUT2D eigenvalue weighted by molar-refractivity contribution is -0.122. The average Bonchev–Trinajstić information content (AvgIpc) is 2.07. The molecule has 1 atom stereocenters. The van der Waals surface area contributed by atoms with Crippen molar-refractivity contribution in [3.8, 4) is 0 Å². The first-order valence-electron chi connectivity index (χ1n) is 3.76. The molecule has 1 fully saturated rings. The molecule has 1 aliphatic rings. The molecule has 1 rings (SSSR count). The molecule has 0 spiro atoms. The fourth-order valence-electron chi connectivity index (χ4n) is 1.40. The van der Waals surface area contributed by atoms with Crippen LogP contribution in [0.5, 0.6) is 0 Å². The summed E-state index contributed by atoms with van der Waals surface area (Å²) in [6.07, 6.45) is 0. The first kappa shape index (κ1) is 8.11. The zero-order valence-electron chi connectivity index (χ0n) is 7.22. The molecule has 62 valence electrons. The van der Waals surface area contributed by atoms with E-state index in [1.807, 2.05) is 25.8 Å². The van der Waals surface area contributed by atoms with E-state index in [4.69, 9.17) is 0 Å². The Hall–Kier alpha value is -0.990. The van der Waals surface area contributed by atoms with E-state index in [-0.39, 0.29) is 11.9 Å². The molecule has 0 aromatic carbocycles. The first-order chi connectivity index (χ1) is 5.04. The van der Waals surface area contributed by atoms with Crippen molar-refractivity contribution in [1.29, 1.82) is 0 Å². The van der Waals surface area contributed by atoms with E-state index in [9.17, 15) is 4.79 Å². The van der Waals surface area contributed by atoms with E-state index in [1.54, 1.807) is 0 Å². The maximum Gasteiger partial charge on any atom is 0.248 e. The Labute approximate surface area is 67.1 Å². The van der Waals surface area contributed by atoms with Gasteiger partial charge in [-0.25, -0.2) is 0 Å². The summed E-state index contributed by atoms with van der Waals surface area (Å²) in [5.41, 5.74) is 0. The second kappa shape index (κ2) is 2.57. The van der Waals surface area contributed by atoms with E-state index >= 15 is 0 Å². The highest BCUT2D eigenvalue weighted by molar-refractivity contribution is 5.86. The zero-order valence-corrected chi connectivity index (χ0v) is 7.22. The Bertz CT molecular complexity index is 198. The summed E-state index contributed by atoms with van der Waals surface area (Å²) in [6, 6.07) is -0.0394. The molecule has 0 saturated carbocycles. The Morgan fingerprint density at radius 2 is 2.18 bits per heavy atom. The van der Waals surface area contributed by atoms with Crippen LogP contribution in [0.4, 0.5) is 0 Å². The average molecular weight is 154 g/mol. The molecular formula is C8H14N2O. The van der Waals surface area contributed by atoms with Crippen molar-refractivity contribution in [1.82, 2.24) is 10.2 Å². The van der Waals surface area contributed by atoms with Gasteiger partial charge in [0.1, 0.15) is 11.9 Å². The maximum absolute atomic E-state index is 11.2. The minimum Gasteiger partial charge on any atom is -0.349 e. The molecule has 0 aliphatic carbocycles. The van der Waals surface area contributed by atoms with E-state index in [1.165, 1.54) is 0 Å². The van der Waals surface area contributed by atoms with Crippen LogP contribution in [0, 0.1) is 5.92 Å². The largest absolute Gasteiger partial charge is 0.349 e. The van der Waals surface area contributed by atoms with Gasteiger partial charge in [0.25, 0.3) is 0 Å². The van der Waals surface area contributed by atoms with Crippen molar-refractivity contribution in [2.45, 2.75) is 19.9 Å². The summed E-state index contributed by atoms with van der Waals surface area (Å²) in [6.45, 7) is 7.77. The Morgan fingerprint density at radius 3 is 2.36 bits per heavy atom. The SMILES string of the molecule is C=C1NC(=O)C(C(C)C)N1C. The van der Waals surface area contributed by atoms with Gasteiger partial charge in [0.05, 0.1) is 0 Å². The molecular weight excluding hydrogens is 140 g/mol. The molecule has 1 amide bonds. The van der Waals surface area contributed by atoms with Crippen molar-refractivity contribution < 1.29 is 4.79 Å². The Kier molecular flexibility index (Phi) is 1.89. The van der Waals surface area contributed by atoms with Crippen LogP contribution in [0.25, 0.3) is 0 Å². The van der Waals surface area contributed by atoms with Crippen molar-refractivity contribution in [3.63, 3.8) is 0 Å². The van der Waals surface area contributed by atoms with Gasteiger partial charge in [-0.1, -0.05) is 20.4 Å². The van der Waals surface area contributed by atoms with Crippen LogP contribution in [-0.2, 0) is 4.79 Å². The van der Waals surface area contributed by atoms with E-state index < -0.39 is 0 Å². The monoisotopic (exact) mass is 154 g/mol. The normalized spacial score (nSPS) is 24.7. The molecule has 1 N–H and O–H groups in total. The summed E-state index contributed by atoms with van der Waals surface area (Å²) in [5.74, 6) is 1.10. The smallest absolute Gasteiger partial charge is 0.248 e. The molecule has 0 aromatic heterocycles. The summed E-state index contributed by atoms with van der Waals surface area (Å²) in [4.78, 5) is 13.1. The van der Waals surface area contributed by atoms with Crippen LogP contribution >= 0.6 is 0 Å². The molecule has 0 aromatic rings. The number of nitrogens with one attached hydrogen (secondary N) is 1. The number of carbonyl (C=O) groups excluding carboxylic acids is 1. The molecule has 0 bridgehead atoms. The second-order valence-corrected chi connectivity index (χ2v) is 3.24. The zero-order chi connectivity index (χ0) is 8.59. The fraction of sp³-hybridized carbons (Fsp3) is 0.625. The third-order valence-corrected chi connectivity index (χ3v) is 2.01. The van der Waals surface area contributed by atoms with E-state index in [0.717, 1.165) is 0 Å². The molecule has 3 heteroatoms. The van der Waals surface area contributed by atoms with Gasteiger partial charge in [0, 0.05) is 7.05 Å². The third-order valence-electron chi connectivity index (χ3n) is 2.01. The molecule has 1 unspecified atom stereocenters. The van der Waals surface area contributed by atoms with Gasteiger partial charge < -0.3 is 10.2 Å². The lowest BCUT2D eigenvalue weighted by atomic mass is 10.0. The lowest BCUT2D eigenvalue weighted by Gasteiger charge is -2.21. The van der Waals surface area contributed by atoms with Gasteiger partial charge in [-0.3, -0.25) is 4.79 Å². The first-order valence-corrected chi connectivity index (χ1v) is 3.76. The topological polar surface area (TPSA) is 32.3 Å². The van der Waals surface area contributed by atoms with Crippen LogP contribution in [0.15, 0.2) is 12.4 Å². The lowest BCUT2D eigenvalue weighted by Crippen LogP contribution is -2.34. The van der Waals surface area contributed by atoms with E-state index in [0.29, 0.717) is 11.7 Å². The van der Waals surface area contributed by atoms with Crippen LogP contribution in [0.2, 0.25) is 0 Å². The van der Waals surface area contributed by atoms with Crippen LogP contribution in [0.3, 0.4) is 0 Å². The molecule has 1 heterocycles. The third kappa shape index (κ3) is 1.23. The molecule has 3 nitrogen and oxygen atoms in total. The predicted molar refractivity (Wildman–Crippen MR) is 43.7 cm³/mol. The summed E-state index contributed by atoms with van der Waals surface area (Å²) in [5, 5.41) is 2.69. The van der Waals surface area contributed by atoms with Crippen LogP contribution in [0.1, 0.15) is 13.8 Å². The number of rotatable bonds is 1. The second-order valence-electron chi connectivity index (χ2n) is 3.24. The molecule has 1 saturated heterocycles. The van der Waals surface area contributed by atoms with Gasteiger partial charge in [-0.2, -0.15) is 0 Å². The van der Waals surface area contributed by atoms with Crippen LogP contribution in [-0.4, -0.2) is 23.9 Å². The quantitative estimate of drug-likeness (QED) is 0.598. The highest BCUT2D eigenvalue weighted by Gasteiger charge is 2.33.